The summed E-state index contributed by atoms with van der Waals surface area (Å²) in [7, 11) is 1.72. The fourth-order valence-corrected chi connectivity index (χ4v) is 1.53. The van der Waals surface area contributed by atoms with E-state index >= 15 is 0 Å². The lowest BCUT2D eigenvalue weighted by atomic mass is 10.1. The van der Waals surface area contributed by atoms with Crippen LogP contribution < -0.4 is 5.32 Å². The fourth-order valence-electron chi connectivity index (χ4n) is 1.53. The van der Waals surface area contributed by atoms with Crippen LogP contribution in [0.2, 0.25) is 0 Å². The zero-order valence-electron chi connectivity index (χ0n) is 10.0. The zero-order valence-corrected chi connectivity index (χ0v) is 10.0. The predicted molar refractivity (Wildman–Crippen MR) is 66.9 cm³/mol. The van der Waals surface area contributed by atoms with Crippen LogP contribution in [0.15, 0.2) is 24.3 Å². The van der Waals surface area contributed by atoms with E-state index in [1.165, 1.54) is 11.1 Å². The molecule has 0 aliphatic rings. The summed E-state index contributed by atoms with van der Waals surface area (Å²) >= 11 is 0. The largest absolute Gasteiger partial charge is 0.380 e. The van der Waals surface area contributed by atoms with Crippen molar-refractivity contribution < 1.29 is 4.74 Å². The highest BCUT2D eigenvalue weighted by atomic mass is 16.5. The van der Waals surface area contributed by atoms with E-state index in [0.29, 0.717) is 6.61 Å². The molecular weight excluding hydrogens is 198 g/mol. The lowest BCUT2D eigenvalue weighted by Crippen LogP contribution is -2.15. The molecule has 0 spiro atoms. The molecule has 0 atom stereocenters. The van der Waals surface area contributed by atoms with E-state index in [4.69, 9.17) is 4.74 Å². The van der Waals surface area contributed by atoms with Gasteiger partial charge in [-0.1, -0.05) is 24.3 Å². The molecule has 0 heterocycles. The monoisotopic (exact) mass is 217 g/mol. The number of methoxy groups -OCH3 is 1. The maximum atomic E-state index is 5.16. The molecule has 1 aromatic rings. The first-order chi connectivity index (χ1) is 7.88. The summed E-state index contributed by atoms with van der Waals surface area (Å²) in [5.41, 5.74) is 2.55. The van der Waals surface area contributed by atoms with Gasteiger partial charge in [0.15, 0.2) is 0 Å². The molecule has 0 fully saturated rings. The molecule has 86 valence electrons. The van der Waals surface area contributed by atoms with Crippen molar-refractivity contribution in [3.8, 4) is 11.8 Å². The fraction of sp³-hybridized carbons (Fsp3) is 0.429. The lowest BCUT2D eigenvalue weighted by Gasteiger charge is -2.09. The van der Waals surface area contributed by atoms with Crippen molar-refractivity contribution in [1.29, 1.82) is 0 Å². The summed E-state index contributed by atoms with van der Waals surface area (Å²) in [6.45, 7) is 4.35. The van der Waals surface area contributed by atoms with Crippen LogP contribution in [0.5, 0.6) is 0 Å². The van der Waals surface area contributed by atoms with E-state index < -0.39 is 0 Å². The highest BCUT2D eigenvalue weighted by Crippen LogP contribution is 2.09. The number of hydrogen-bond acceptors (Lipinski definition) is 2. The van der Waals surface area contributed by atoms with Gasteiger partial charge in [0.05, 0.1) is 6.61 Å². The quantitative estimate of drug-likeness (QED) is 0.583. The Morgan fingerprint density at radius 3 is 2.69 bits per heavy atom. The summed E-state index contributed by atoms with van der Waals surface area (Å²) in [6.07, 6.45) is 0.906. The van der Waals surface area contributed by atoms with Gasteiger partial charge < -0.3 is 10.1 Å². The van der Waals surface area contributed by atoms with Crippen molar-refractivity contribution in [2.45, 2.75) is 26.5 Å². The molecule has 1 rings (SSSR count). The third-order valence-electron chi connectivity index (χ3n) is 2.34. The molecule has 0 aliphatic heterocycles. The standard InChI is InChI=1S/C14H19NO/c1-3-4-7-10-15-11-13-8-5-6-9-14(13)12-16-2/h5-6,8-9,15H,7,10-12H2,1-2H3. The molecule has 1 aromatic carbocycles. The van der Waals surface area contributed by atoms with Gasteiger partial charge >= 0.3 is 0 Å². The number of rotatable bonds is 6. The van der Waals surface area contributed by atoms with Crippen LogP contribution in [0.4, 0.5) is 0 Å². The third kappa shape index (κ3) is 4.48. The van der Waals surface area contributed by atoms with Crippen molar-refractivity contribution >= 4 is 0 Å². The molecular formula is C14H19NO. The SMILES string of the molecule is CC#CCCNCc1ccccc1COC. The molecule has 0 aromatic heterocycles. The first-order valence-electron chi connectivity index (χ1n) is 5.54. The first kappa shape index (κ1) is 12.8. The molecule has 0 aliphatic carbocycles. The van der Waals surface area contributed by atoms with Crippen LogP contribution in [0.25, 0.3) is 0 Å². The van der Waals surface area contributed by atoms with Crippen LogP contribution in [-0.2, 0) is 17.9 Å². The molecule has 2 nitrogen and oxygen atoms in total. The predicted octanol–water partition coefficient (Wildman–Crippen LogP) is 2.34. The van der Waals surface area contributed by atoms with Gasteiger partial charge in [0.2, 0.25) is 0 Å². The minimum atomic E-state index is 0.673. The second kappa shape index (κ2) is 7.92. The van der Waals surface area contributed by atoms with Gasteiger partial charge in [-0.15, -0.1) is 11.8 Å². The van der Waals surface area contributed by atoms with Gasteiger partial charge in [0, 0.05) is 26.6 Å². The second-order valence-corrected chi connectivity index (χ2v) is 3.56. The molecule has 2 heteroatoms. The third-order valence-corrected chi connectivity index (χ3v) is 2.34. The summed E-state index contributed by atoms with van der Waals surface area (Å²) < 4.78 is 5.16. The average molecular weight is 217 g/mol. The van der Waals surface area contributed by atoms with Crippen LogP contribution in [-0.4, -0.2) is 13.7 Å². The van der Waals surface area contributed by atoms with E-state index in [1.54, 1.807) is 7.11 Å². The molecule has 0 saturated carbocycles. The van der Waals surface area contributed by atoms with E-state index in [-0.39, 0.29) is 0 Å². The van der Waals surface area contributed by atoms with Crippen LogP contribution in [0.3, 0.4) is 0 Å². The maximum absolute atomic E-state index is 5.16. The van der Waals surface area contributed by atoms with Crippen molar-refractivity contribution in [3.63, 3.8) is 0 Å². The Morgan fingerprint density at radius 1 is 1.25 bits per heavy atom. The highest BCUT2D eigenvalue weighted by Gasteiger charge is 1.99. The normalized spacial score (nSPS) is 9.62. The van der Waals surface area contributed by atoms with Crippen molar-refractivity contribution in [1.82, 2.24) is 5.32 Å². The van der Waals surface area contributed by atoms with Gasteiger partial charge in [-0.25, -0.2) is 0 Å². The minimum Gasteiger partial charge on any atom is -0.380 e. The molecule has 0 unspecified atom stereocenters. The Balaban J connectivity index is 2.42. The molecule has 1 N–H and O–H groups in total. The number of hydrogen-bond donors (Lipinski definition) is 1. The number of nitrogens with one attached hydrogen (secondary N) is 1. The molecule has 0 saturated heterocycles. The smallest absolute Gasteiger partial charge is 0.0716 e. The molecule has 0 bridgehead atoms. The van der Waals surface area contributed by atoms with Crippen LogP contribution in [0, 0.1) is 11.8 Å². The Kier molecular flexibility index (Phi) is 6.32. The van der Waals surface area contributed by atoms with Gasteiger partial charge in [-0.3, -0.25) is 0 Å². The Hall–Kier alpha value is -1.30. The van der Waals surface area contributed by atoms with Gasteiger partial charge in [-0.2, -0.15) is 0 Å². The van der Waals surface area contributed by atoms with E-state index in [9.17, 15) is 0 Å². The van der Waals surface area contributed by atoms with Crippen LogP contribution in [0.1, 0.15) is 24.5 Å². The first-order valence-corrected chi connectivity index (χ1v) is 5.54. The molecule has 16 heavy (non-hydrogen) atoms. The Morgan fingerprint density at radius 2 is 2.00 bits per heavy atom. The molecule has 0 amide bonds. The van der Waals surface area contributed by atoms with E-state index in [1.807, 2.05) is 13.0 Å². The Bertz CT molecular complexity index is 362. The van der Waals surface area contributed by atoms with Gasteiger partial charge in [0.25, 0.3) is 0 Å². The maximum Gasteiger partial charge on any atom is 0.0716 e. The van der Waals surface area contributed by atoms with Crippen molar-refractivity contribution in [2.24, 2.45) is 0 Å². The summed E-state index contributed by atoms with van der Waals surface area (Å²) in [5, 5.41) is 3.38. The summed E-state index contributed by atoms with van der Waals surface area (Å²) in [6, 6.07) is 8.33. The van der Waals surface area contributed by atoms with Crippen molar-refractivity contribution in [3.05, 3.63) is 35.4 Å². The average Bonchev–Trinajstić information content (AvgIpc) is 2.31. The second-order valence-electron chi connectivity index (χ2n) is 3.56. The summed E-state index contributed by atoms with van der Waals surface area (Å²) in [4.78, 5) is 0. The Labute approximate surface area is 98.0 Å². The van der Waals surface area contributed by atoms with Gasteiger partial charge in [0.1, 0.15) is 0 Å². The van der Waals surface area contributed by atoms with E-state index in [0.717, 1.165) is 19.5 Å². The lowest BCUT2D eigenvalue weighted by molar-refractivity contribution is 0.184. The zero-order chi connectivity index (χ0) is 11.6. The number of benzene rings is 1. The van der Waals surface area contributed by atoms with Crippen molar-refractivity contribution in [2.75, 3.05) is 13.7 Å². The van der Waals surface area contributed by atoms with Crippen LogP contribution >= 0.6 is 0 Å². The van der Waals surface area contributed by atoms with Gasteiger partial charge in [-0.05, 0) is 18.1 Å². The van der Waals surface area contributed by atoms with E-state index in [2.05, 4.69) is 35.4 Å². The summed E-state index contributed by atoms with van der Waals surface area (Å²) in [5.74, 6) is 5.93. The highest BCUT2D eigenvalue weighted by molar-refractivity contribution is 5.26. The topological polar surface area (TPSA) is 21.3 Å². The molecule has 0 radical (unpaired) electrons. The number of ether oxygens (including phenoxy) is 1. The minimum absolute atomic E-state index is 0.673.